The van der Waals surface area contributed by atoms with Gasteiger partial charge in [0, 0.05) is 0 Å². The summed E-state index contributed by atoms with van der Waals surface area (Å²) in [4.78, 5) is 0. The first kappa shape index (κ1) is 16.4. The lowest BCUT2D eigenvalue weighted by molar-refractivity contribution is -0.104. The molecule has 0 heterocycles. The smallest absolute Gasteiger partial charge is 0.0596 e. The van der Waals surface area contributed by atoms with Crippen LogP contribution in [0, 0.1) is 34.5 Å². The highest BCUT2D eigenvalue weighted by Gasteiger charge is 2.59. The van der Waals surface area contributed by atoms with Crippen LogP contribution < -0.4 is 0 Å². The van der Waals surface area contributed by atoms with E-state index in [1.807, 2.05) is 0 Å². The van der Waals surface area contributed by atoms with Gasteiger partial charge in [0.05, 0.1) is 6.10 Å². The zero-order chi connectivity index (χ0) is 17.2. The van der Waals surface area contributed by atoms with Crippen molar-refractivity contribution in [3.63, 3.8) is 0 Å². The number of hydrogen-bond donors (Lipinski definition) is 1. The highest BCUT2D eigenvalue weighted by molar-refractivity contribution is 5.41. The lowest BCUT2D eigenvalue weighted by atomic mass is 9.45. The van der Waals surface area contributed by atoms with Crippen LogP contribution in [0.3, 0.4) is 0 Å². The van der Waals surface area contributed by atoms with E-state index in [1.54, 1.807) is 11.1 Å². The maximum Gasteiger partial charge on any atom is 0.0596 e. The van der Waals surface area contributed by atoms with E-state index < -0.39 is 0 Å². The van der Waals surface area contributed by atoms with E-state index in [2.05, 4.69) is 38.2 Å². The summed E-state index contributed by atoms with van der Waals surface area (Å²) in [5.74, 6) is 3.34. The lowest BCUT2D eigenvalue weighted by Gasteiger charge is -2.59. The molecule has 7 atom stereocenters. The summed E-state index contributed by atoms with van der Waals surface area (Å²) in [5.41, 5.74) is 3.97. The van der Waals surface area contributed by atoms with Crippen molar-refractivity contribution in [2.45, 2.75) is 77.7 Å². The van der Waals surface area contributed by atoms with Crippen molar-refractivity contribution >= 4 is 0 Å². The van der Waals surface area contributed by atoms with Gasteiger partial charge >= 0.3 is 0 Å². The summed E-state index contributed by atoms with van der Waals surface area (Å²) < 4.78 is 0. The maximum atomic E-state index is 10.6. The van der Waals surface area contributed by atoms with E-state index in [1.165, 1.54) is 44.9 Å². The minimum atomic E-state index is -0.0383. The predicted molar refractivity (Wildman–Crippen MR) is 103 cm³/mol. The summed E-state index contributed by atoms with van der Waals surface area (Å²) in [6.45, 7) is 5.02. The number of hydrogen-bond acceptors (Lipinski definition) is 1. The SMILES string of the molecule is C[C@]12CC[C@H]3[C@@H](CCC4C=C(C5=CC=CC5)CC[C@@]43C)[C@@H]1CC[C@@H]2O. The quantitative estimate of drug-likeness (QED) is 0.639. The van der Waals surface area contributed by atoms with Gasteiger partial charge in [-0.2, -0.15) is 0 Å². The third-order valence-corrected chi connectivity index (χ3v) is 9.41. The van der Waals surface area contributed by atoms with Crippen LogP contribution >= 0.6 is 0 Å². The highest BCUT2D eigenvalue weighted by atomic mass is 16.3. The number of allylic oxidation sites excluding steroid dienone is 6. The average molecular weight is 339 g/mol. The molecule has 136 valence electrons. The molecule has 5 rings (SSSR count). The molecule has 0 aliphatic heterocycles. The Morgan fingerprint density at radius 2 is 1.76 bits per heavy atom. The van der Waals surface area contributed by atoms with Crippen LogP contribution in [0.2, 0.25) is 0 Å². The van der Waals surface area contributed by atoms with Crippen molar-refractivity contribution in [2.24, 2.45) is 34.5 Å². The van der Waals surface area contributed by atoms with Crippen LogP contribution in [-0.2, 0) is 0 Å². The fourth-order valence-corrected chi connectivity index (χ4v) is 7.79. The lowest BCUT2D eigenvalue weighted by Crippen LogP contribution is -2.52. The fraction of sp³-hybridized carbons (Fsp3) is 0.750. The Balaban J connectivity index is 1.43. The first-order valence-corrected chi connectivity index (χ1v) is 10.8. The molecule has 3 fully saturated rings. The standard InChI is InChI=1S/C24H34O/c1-23-13-11-17(16-5-3-4-6-16)15-18(23)7-8-19-20-9-10-22(25)24(20,2)14-12-21(19)23/h3-5,15,18-22,25H,6-14H2,1-2H3/t18?,19-,20-,21-,22-,23-,24-/m0/s1. The number of aliphatic hydroxyl groups excluding tert-OH is 1. The Labute approximate surface area is 153 Å². The van der Waals surface area contributed by atoms with E-state index in [4.69, 9.17) is 0 Å². The summed E-state index contributed by atoms with van der Waals surface area (Å²) in [5, 5.41) is 10.6. The molecule has 0 spiro atoms. The van der Waals surface area contributed by atoms with Crippen LogP contribution in [0.5, 0.6) is 0 Å². The van der Waals surface area contributed by atoms with Gasteiger partial charge in [0.2, 0.25) is 0 Å². The van der Waals surface area contributed by atoms with Crippen molar-refractivity contribution in [1.29, 1.82) is 0 Å². The summed E-state index contributed by atoms with van der Waals surface area (Å²) in [6, 6.07) is 0. The second-order valence-electron chi connectivity index (χ2n) is 10.2. The van der Waals surface area contributed by atoms with Crippen molar-refractivity contribution in [2.75, 3.05) is 0 Å². The van der Waals surface area contributed by atoms with Crippen LogP contribution in [-0.4, -0.2) is 11.2 Å². The van der Waals surface area contributed by atoms with Gasteiger partial charge < -0.3 is 5.11 Å². The molecular weight excluding hydrogens is 304 g/mol. The molecule has 25 heavy (non-hydrogen) atoms. The van der Waals surface area contributed by atoms with Gasteiger partial charge in [-0.3, -0.25) is 0 Å². The minimum Gasteiger partial charge on any atom is -0.393 e. The second-order valence-corrected chi connectivity index (χ2v) is 10.2. The zero-order valence-electron chi connectivity index (χ0n) is 16.0. The van der Waals surface area contributed by atoms with Crippen LogP contribution in [0.1, 0.15) is 71.6 Å². The van der Waals surface area contributed by atoms with E-state index in [-0.39, 0.29) is 11.5 Å². The zero-order valence-corrected chi connectivity index (χ0v) is 16.0. The Bertz CT molecular complexity index is 655. The molecule has 0 aromatic heterocycles. The Morgan fingerprint density at radius 3 is 2.56 bits per heavy atom. The third kappa shape index (κ3) is 2.24. The molecule has 5 aliphatic rings. The third-order valence-electron chi connectivity index (χ3n) is 9.41. The molecule has 1 N–H and O–H groups in total. The molecule has 5 aliphatic carbocycles. The van der Waals surface area contributed by atoms with Crippen LogP contribution in [0.25, 0.3) is 0 Å². The first-order chi connectivity index (χ1) is 12.0. The molecule has 3 saturated carbocycles. The highest BCUT2D eigenvalue weighted by Crippen LogP contribution is 2.66. The van der Waals surface area contributed by atoms with Gasteiger partial charge in [-0.1, -0.05) is 38.2 Å². The largest absolute Gasteiger partial charge is 0.393 e. The molecule has 0 saturated heterocycles. The van der Waals surface area contributed by atoms with E-state index in [9.17, 15) is 5.11 Å². The summed E-state index contributed by atoms with van der Waals surface area (Å²) in [6.07, 6.45) is 21.1. The average Bonchev–Trinajstić information content (AvgIpc) is 3.23. The van der Waals surface area contributed by atoms with E-state index >= 15 is 0 Å². The molecule has 0 aromatic rings. The van der Waals surface area contributed by atoms with E-state index in [0.29, 0.717) is 5.41 Å². The molecule has 0 bridgehead atoms. The normalized spacial score (nSPS) is 51.4. The van der Waals surface area contributed by atoms with Crippen LogP contribution in [0.15, 0.2) is 35.5 Å². The van der Waals surface area contributed by atoms with E-state index in [0.717, 1.165) is 36.5 Å². The summed E-state index contributed by atoms with van der Waals surface area (Å²) in [7, 11) is 0. The molecule has 0 amide bonds. The van der Waals surface area contributed by atoms with Crippen LogP contribution in [0.4, 0.5) is 0 Å². The van der Waals surface area contributed by atoms with Gasteiger partial charge in [0.15, 0.2) is 0 Å². The van der Waals surface area contributed by atoms with Crippen molar-refractivity contribution < 1.29 is 5.11 Å². The van der Waals surface area contributed by atoms with Gasteiger partial charge in [-0.25, -0.2) is 0 Å². The minimum absolute atomic E-state index is 0.0383. The summed E-state index contributed by atoms with van der Waals surface area (Å²) >= 11 is 0. The molecule has 1 unspecified atom stereocenters. The first-order valence-electron chi connectivity index (χ1n) is 10.8. The molecule has 1 nitrogen and oxygen atoms in total. The fourth-order valence-electron chi connectivity index (χ4n) is 7.79. The van der Waals surface area contributed by atoms with Gasteiger partial charge in [-0.05, 0) is 103 Å². The predicted octanol–water partition coefficient (Wildman–Crippen LogP) is 5.81. The van der Waals surface area contributed by atoms with Crippen molar-refractivity contribution in [1.82, 2.24) is 0 Å². The molecule has 1 heteroatoms. The van der Waals surface area contributed by atoms with Crippen molar-refractivity contribution in [3.8, 4) is 0 Å². The number of fused-ring (bicyclic) bond motifs is 5. The molecule has 0 radical (unpaired) electrons. The second kappa shape index (κ2) is 5.59. The van der Waals surface area contributed by atoms with Gasteiger partial charge in [0.25, 0.3) is 0 Å². The topological polar surface area (TPSA) is 20.2 Å². The van der Waals surface area contributed by atoms with Gasteiger partial charge in [0.1, 0.15) is 0 Å². The van der Waals surface area contributed by atoms with Crippen molar-refractivity contribution in [3.05, 3.63) is 35.5 Å². The van der Waals surface area contributed by atoms with Gasteiger partial charge in [-0.15, -0.1) is 0 Å². The molecular formula is C24H34O. The number of rotatable bonds is 1. The monoisotopic (exact) mass is 338 g/mol. The Kier molecular flexibility index (Phi) is 3.66. The Hall–Kier alpha value is -0.820. The number of aliphatic hydroxyl groups is 1. The maximum absolute atomic E-state index is 10.6. The Morgan fingerprint density at radius 1 is 0.920 bits per heavy atom. The molecule has 0 aromatic carbocycles.